The predicted molar refractivity (Wildman–Crippen MR) is 88.1 cm³/mol. The number of aromatic amines is 1. The summed E-state index contributed by atoms with van der Waals surface area (Å²) < 4.78 is 5.05. The van der Waals surface area contributed by atoms with Gasteiger partial charge in [0, 0.05) is 50.2 Å². The van der Waals surface area contributed by atoms with Crippen LogP contribution in [-0.2, 0) is 13.1 Å². The second-order valence-corrected chi connectivity index (χ2v) is 6.25. The summed E-state index contributed by atoms with van der Waals surface area (Å²) >= 11 is 0. The average Bonchev–Trinajstić information content (AvgIpc) is 3.19. The van der Waals surface area contributed by atoms with Gasteiger partial charge in [0.1, 0.15) is 5.52 Å². The zero-order chi connectivity index (χ0) is 16.4. The number of nitrogens with one attached hydrogen (secondary N) is 2. The lowest BCUT2D eigenvalue weighted by Crippen LogP contribution is -2.45. The summed E-state index contributed by atoms with van der Waals surface area (Å²) in [6.07, 6.45) is 7.77. The summed E-state index contributed by atoms with van der Waals surface area (Å²) in [4.78, 5) is 18.5. The van der Waals surface area contributed by atoms with Crippen molar-refractivity contribution in [2.24, 2.45) is 0 Å². The van der Waals surface area contributed by atoms with Crippen LogP contribution in [-0.4, -0.2) is 49.1 Å². The molecule has 4 heterocycles. The van der Waals surface area contributed by atoms with Crippen LogP contribution in [0, 0.1) is 6.92 Å². The largest absolute Gasteiger partial charge is 0.344 e. The zero-order valence-corrected chi connectivity index (χ0v) is 13.7. The van der Waals surface area contributed by atoms with E-state index in [0.717, 1.165) is 48.7 Å². The van der Waals surface area contributed by atoms with Crippen LogP contribution in [0.1, 0.15) is 30.1 Å². The van der Waals surface area contributed by atoms with Crippen LogP contribution >= 0.6 is 0 Å². The smallest absolute Gasteiger partial charge is 0.223 e. The topological polar surface area (TPSA) is 95.8 Å². The summed E-state index contributed by atoms with van der Waals surface area (Å²) in [5.41, 5.74) is 2.94. The number of aryl methyl sites for hydroxylation is 1. The van der Waals surface area contributed by atoms with Gasteiger partial charge in [-0.25, -0.2) is 4.98 Å². The van der Waals surface area contributed by atoms with Crippen molar-refractivity contribution in [3.05, 3.63) is 35.9 Å². The second kappa shape index (κ2) is 6.66. The molecule has 0 radical (unpaired) electrons. The lowest BCUT2D eigenvalue weighted by molar-refractivity contribution is 0.177. The van der Waals surface area contributed by atoms with Crippen molar-refractivity contribution in [2.45, 2.75) is 38.9 Å². The van der Waals surface area contributed by atoms with Crippen LogP contribution in [0.25, 0.3) is 11.2 Å². The minimum absolute atomic E-state index is 0.452. The van der Waals surface area contributed by atoms with E-state index in [1.54, 1.807) is 12.4 Å². The van der Waals surface area contributed by atoms with Crippen molar-refractivity contribution < 1.29 is 4.52 Å². The molecule has 3 aromatic rings. The third kappa shape index (κ3) is 3.29. The fourth-order valence-electron chi connectivity index (χ4n) is 3.26. The molecule has 8 nitrogen and oxygen atoms in total. The minimum atomic E-state index is 0.452. The van der Waals surface area contributed by atoms with E-state index >= 15 is 0 Å². The first kappa shape index (κ1) is 15.2. The number of aromatic nitrogens is 5. The Labute approximate surface area is 139 Å². The van der Waals surface area contributed by atoms with E-state index in [1.165, 1.54) is 12.8 Å². The molecule has 0 saturated carbocycles. The van der Waals surface area contributed by atoms with Gasteiger partial charge in [0.05, 0.1) is 6.54 Å². The highest BCUT2D eigenvalue weighted by atomic mass is 16.5. The number of nitrogens with zero attached hydrogens (tertiary/aromatic N) is 5. The Morgan fingerprint density at radius 2 is 2.29 bits per heavy atom. The van der Waals surface area contributed by atoms with Gasteiger partial charge in [0.25, 0.3) is 0 Å². The number of rotatable bonds is 5. The Morgan fingerprint density at radius 3 is 3.17 bits per heavy atom. The SMILES string of the molecule is Cc1nc(CN2CCCC(NCc3c[nH]c4nccnc34)C2)no1. The summed E-state index contributed by atoms with van der Waals surface area (Å²) in [6, 6.07) is 0.452. The van der Waals surface area contributed by atoms with Gasteiger partial charge in [-0.3, -0.25) is 9.88 Å². The third-order valence-corrected chi connectivity index (χ3v) is 4.41. The molecule has 126 valence electrons. The molecule has 1 unspecified atom stereocenters. The van der Waals surface area contributed by atoms with Crippen LogP contribution < -0.4 is 5.32 Å². The maximum atomic E-state index is 5.05. The van der Waals surface area contributed by atoms with E-state index in [2.05, 4.69) is 35.3 Å². The van der Waals surface area contributed by atoms with Gasteiger partial charge in [0.2, 0.25) is 5.89 Å². The van der Waals surface area contributed by atoms with Crippen LogP contribution in [0.3, 0.4) is 0 Å². The van der Waals surface area contributed by atoms with Crippen molar-refractivity contribution in [3.63, 3.8) is 0 Å². The number of hydrogen-bond donors (Lipinski definition) is 2. The Kier molecular flexibility index (Phi) is 4.22. The molecule has 8 heteroatoms. The molecule has 0 aliphatic carbocycles. The number of fused-ring (bicyclic) bond motifs is 1. The first-order chi connectivity index (χ1) is 11.8. The maximum Gasteiger partial charge on any atom is 0.223 e. The van der Waals surface area contributed by atoms with Crippen LogP contribution in [0.4, 0.5) is 0 Å². The molecular weight excluding hydrogens is 306 g/mol. The quantitative estimate of drug-likeness (QED) is 0.731. The molecule has 1 aliphatic rings. The highest BCUT2D eigenvalue weighted by Gasteiger charge is 2.21. The molecule has 1 saturated heterocycles. The Balaban J connectivity index is 1.34. The van der Waals surface area contributed by atoms with Crippen molar-refractivity contribution in [1.29, 1.82) is 0 Å². The first-order valence-corrected chi connectivity index (χ1v) is 8.30. The van der Waals surface area contributed by atoms with Gasteiger partial charge >= 0.3 is 0 Å². The van der Waals surface area contributed by atoms with Crippen molar-refractivity contribution in [1.82, 2.24) is 35.3 Å². The van der Waals surface area contributed by atoms with Gasteiger partial charge in [-0.2, -0.15) is 4.98 Å². The molecule has 4 rings (SSSR count). The molecule has 1 atom stereocenters. The van der Waals surface area contributed by atoms with Crippen LogP contribution in [0.15, 0.2) is 23.1 Å². The normalized spacial score (nSPS) is 19.1. The molecule has 1 aliphatic heterocycles. The Hall–Kier alpha value is -2.32. The van der Waals surface area contributed by atoms with E-state index in [4.69, 9.17) is 4.52 Å². The van der Waals surface area contributed by atoms with Crippen molar-refractivity contribution in [3.8, 4) is 0 Å². The van der Waals surface area contributed by atoms with E-state index in [1.807, 2.05) is 13.1 Å². The van der Waals surface area contributed by atoms with Gasteiger partial charge in [0.15, 0.2) is 11.5 Å². The third-order valence-electron chi connectivity index (χ3n) is 4.41. The molecule has 0 amide bonds. The standard InChI is InChI=1S/C16H21N7O/c1-11-21-14(22-24-11)10-23-6-2-3-13(9-23)19-7-12-8-20-16-15(12)17-4-5-18-16/h4-5,8,13,19H,2-3,6-7,9-10H2,1H3,(H,18,20). The molecule has 24 heavy (non-hydrogen) atoms. The van der Waals surface area contributed by atoms with E-state index in [9.17, 15) is 0 Å². The number of H-pyrrole nitrogens is 1. The van der Waals surface area contributed by atoms with Gasteiger partial charge < -0.3 is 14.8 Å². The fourth-order valence-corrected chi connectivity index (χ4v) is 3.26. The van der Waals surface area contributed by atoms with Crippen molar-refractivity contribution >= 4 is 11.2 Å². The van der Waals surface area contributed by atoms with E-state index in [0.29, 0.717) is 11.9 Å². The van der Waals surface area contributed by atoms with Gasteiger partial charge in [-0.1, -0.05) is 5.16 Å². The van der Waals surface area contributed by atoms with E-state index < -0.39 is 0 Å². The lowest BCUT2D eigenvalue weighted by Gasteiger charge is -2.32. The molecule has 0 bridgehead atoms. The minimum Gasteiger partial charge on any atom is -0.344 e. The highest BCUT2D eigenvalue weighted by Crippen LogP contribution is 2.16. The molecular formula is C16H21N7O. The van der Waals surface area contributed by atoms with Crippen molar-refractivity contribution in [2.75, 3.05) is 13.1 Å². The fraction of sp³-hybridized carbons (Fsp3) is 0.500. The summed E-state index contributed by atoms with van der Waals surface area (Å²) in [6.45, 7) is 5.42. The highest BCUT2D eigenvalue weighted by molar-refractivity contribution is 5.74. The summed E-state index contributed by atoms with van der Waals surface area (Å²) in [5.74, 6) is 1.39. The molecule has 1 fully saturated rings. The molecule has 0 spiro atoms. The average molecular weight is 327 g/mol. The number of hydrogen-bond acceptors (Lipinski definition) is 7. The summed E-state index contributed by atoms with van der Waals surface area (Å²) in [7, 11) is 0. The lowest BCUT2D eigenvalue weighted by atomic mass is 10.1. The molecule has 3 aromatic heterocycles. The monoisotopic (exact) mass is 327 g/mol. The van der Waals surface area contributed by atoms with Gasteiger partial charge in [-0.05, 0) is 19.4 Å². The predicted octanol–water partition coefficient (Wildman–Crippen LogP) is 1.40. The molecule has 0 aromatic carbocycles. The van der Waals surface area contributed by atoms with Gasteiger partial charge in [-0.15, -0.1) is 0 Å². The number of likely N-dealkylation sites (tertiary alicyclic amines) is 1. The number of piperidine rings is 1. The summed E-state index contributed by atoms with van der Waals surface area (Å²) in [5, 5.41) is 7.63. The molecule has 2 N–H and O–H groups in total. The second-order valence-electron chi connectivity index (χ2n) is 6.25. The Morgan fingerprint density at radius 1 is 1.38 bits per heavy atom. The Bertz CT molecular complexity index is 811. The van der Waals surface area contributed by atoms with Crippen LogP contribution in [0.5, 0.6) is 0 Å². The van der Waals surface area contributed by atoms with Crippen LogP contribution in [0.2, 0.25) is 0 Å². The first-order valence-electron chi connectivity index (χ1n) is 8.30. The zero-order valence-electron chi connectivity index (χ0n) is 13.7. The van der Waals surface area contributed by atoms with E-state index in [-0.39, 0.29) is 0 Å². The maximum absolute atomic E-state index is 5.05.